The standard InChI is InChI=1S/C11H20F2N2O3/c1-2-14-9-6-18-5-8(9)11(16)15-3-4-17-7-10(12)13/h8-10,14H,2-7H2,1H3,(H,15,16). The average Bonchev–Trinajstić information content (AvgIpc) is 2.77. The number of hydrogen-bond acceptors (Lipinski definition) is 4. The topological polar surface area (TPSA) is 59.6 Å². The Morgan fingerprint density at radius 3 is 2.94 bits per heavy atom. The summed E-state index contributed by atoms with van der Waals surface area (Å²) < 4.78 is 33.4. The third-order valence-corrected chi connectivity index (χ3v) is 2.67. The Bertz CT molecular complexity index is 254. The number of carbonyl (C=O) groups is 1. The summed E-state index contributed by atoms with van der Waals surface area (Å²) in [5, 5.41) is 5.83. The van der Waals surface area contributed by atoms with E-state index < -0.39 is 13.0 Å². The van der Waals surface area contributed by atoms with Crippen molar-refractivity contribution in [1.29, 1.82) is 0 Å². The lowest BCUT2D eigenvalue weighted by atomic mass is 10.0. The maximum absolute atomic E-state index is 11.8. The first-order valence-corrected chi connectivity index (χ1v) is 6.09. The SMILES string of the molecule is CCNC1COCC1C(=O)NCCOCC(F)F. The van der Waals surface area contributed by atoms with Gasteiger partial charge in [-0.25, -0.2) is 8.78 Å². The van der Waals surface area contributed by atoms with Crippen molar-refractivity contribution in [2.75, 3.05) is 39.5 Å². The second kappa shape index (κ2) is 8.34. The van der Waals surface area contributed by atoms with Gasteiger partial charge < -0.3 is 20.1 Å². The molecule has 1 saturated heterocycles. The van der Waals surface area contributed by atoms with Crippen LogP contribution in [0.1, 0.15) is 6.92 Å². The zero-order valence-electron chi connectivity index (χ0n) is 10.5. The van der Waals surface area contributed by atoms with Gasteiger partial charge in [-0.05, 0) is 6.54 Å². The highest BCUT2D eigenvalue weighted by Crippen LogP contribution is 2.13. The number of likely N-dealkylation sites (N-methyl/N-ethyl adjacent to an activating group) is 1. The molecule has 2 N–H and O–H groups in total. The largest absolute Gasteiger partial charge is 0.379 e. The van der Waals surface area contributed by atoms with Gasteiger partial charge in [0.05, 0.1) is 25.7 Å². The van der Waals surface area contributed by atoms with E-state index in [1.165, 1.54) is 0 Å². The van der Waals surface area contributed by atoms with Gasteiger partial charge in [-0.15, -0.1) is 0 Å². The molecule has 1 heterocycles. The summed E-state index contributed by atoms with van der Waals surface area (Å²) in [6, 6.07) is 0.0250. The molecule has 1 rings (SSSR count). The Kier molecular flexibility index (Phi) is 7.07. The van der Waals surface area contributed by atoms with Gasteiger partial charge in [0.2, 0.25) is 5.91 Å². The van der Waals surface area contributed by atoms with Crippen LogP contribution in [-0.4, -0.2) is 57.9 Å². The first-order chi connectivity index (χ1) is 8.65. The van der Waals surface area contributed by atoms with Crippen LogP contribution in [0.2, 0.25) is 0 Å². The van der Waals surface area contributed by atoms with Crippen LogP contribution in [0.5, 0.6) is 0 Å². The number of carbonyl (C=O) groups excluding carboxylic acids is 1. The normalized spacial score (nSPS) is 23.6. The maximum Gasteiger partial charge on any atom is 0.261 e. The molecule has 0 aromatic heterocycles. The van der Waals surface area contributed by atoms with Crippen LogP contribution in [0.3, 0.4) is 0 Å². The van der Waals surface area contributed by atoms with E-state index >= 15 is 0 Å². The number of amides is 1. The van der Waals surface area contributed by atoms with E-state index in [0.29, 0.717) is 13.2 Å². The Morgan fingerprint density at radius 1 is 1.50 bits per heavy atom. The second-order valence-corrected chi connectivity index (χ2v) is 4.07. The number of rotatable bonds is 8. The molecule has 1 aliphatic rings. The van der Waals surface area contributed by atoms with E-state index in [4.69, 9.17) is 4.74 Å². The zero-order valence-corrected chi connectivity index (χ0v) is 10.5. The second-order valence-electron chi connectivity index (χ2n) is 4.07. The molecule has 7 heteroatoms. The Labute approximate surface area is 105 Å². The number of hydrogen-bond donors (Lipinski definition) is 2. The summed E-state index contributed by atoms with van der Waals surface area (Å²) in [7, 11) is 0. The van der Waals surface area contributed by atoms with Gasteiger partial charge in [0.1, 0.15) is 6.61 Å². The quantitative estimate of drug-likeness (QED) is 0.608. The predicted molar refractivity (Wildman–Crippen MR) is 61.6 cm³/mol. The molecule has 0 spiro atoms. The molecule has 18 heavy (non-hydrogen) atoms. The molecule has 0 aliphatic carbocycles. The monoisotopic (exact) mass is 266 g/mol. The van der Waals surface area contributed by atoms with Gasteiger partial charge in [-0.2, -0.15) is 0 Å². The average molecular weight is 266 g/mol. The van der Waals surface area contributed by atoms with E-state index in [-0.39, 0.29) is 31.0 Å². The zero-order chi connectivity index (χ0) is 13.4. The molecule has 1 amide bonds. The first-order valence-electron chi connectivity index (χ1n) is 6.09. The molecular weight excluding hydrogens is 246 g/mol. The van der Waals surface area contributed by atoms with Crippen LogP contribution in [0.4, 0.5) is 8.78 Å². The van der Waals surface area contributed by atoms with Crippen LogP contribution < -0.4 is 10.6 Å². The van der Waals surface area contributed by atoms with Crippen molar-refractivity contribution in [3.05, 3.63) is 0 Å². The molecule has 0 bridgehead atoms. The third kappa shape index (κ3) is 5.24. The molecule has 5 nitrogen and oxygen atoms in total. The number of ether oxygens (including phenoxy) is 2. The van der Waals surface area contributed by atoms with Crippen molar-refractivity contribution < 1.29 is 23.0 Å². The van der Waals surface area contributed by atoms with Gasteiger partial charge in [0, 0.05) is 12.6 Å². The van der Waals surface area contributed by atoms with Crippen LogP contribution in [-0.2, 0) is 14.3 Å². The summed E-state index contributed by atoms with van der Waals surface area (Å²) in [6.45, 7) is 3.38. The molecule has 1 aliphatic heterocycles. The van der Waals surface area contributed by atoms with Crippen molar-refractivity contribution in [3.63, 3.8) is 0 Å². The highest BCUT2D eigenvalue weighted by atomic mass is 19.3. The van der Waals surface area contributed by atoms with Crippen LogP contribution >= 0.6 is 0 Å². The molecule has 1 fully saturated rings. The van der Waals surface area contributed by atoms with Crippen LogP contribution in [0, 0.1) is 5.92 Å². The summed E-state index contributed by atoms with van der Waals surface area (Å²) in [4.78, 5) is 11.8. The maximum atomic E-state index is 11.8. The lowest BCUT2D eigenvalue weighted by Gasteiger charge is -2.17. The third-order valence-electron chi connectivity index (χ3n) is 2.67. The molecule has 0 saturated carbocycles. The fourth-order valence-electron chi connectivity index (χ4n) is 1.83. The highest BCUT2D eigenvalue weighted by molar-refractivity contribution is 5.79. The van der Waals surface area contributed by atoms with Gasteiger partial charge in [0.15, 0.2) is 0 Å². The fraction of sp³-hybridized carbons (Fsp3) is 0.909. The Morgan fingerprint density at radius 2 is 2.28 bits per heavy atom. The summed E-state index contributed by atoms with van der Waals surface area (Å²) in [6.07, 6.45) is -2.47. The number of alkyl halides is 2. The lowest BCUT2D eigenvalue weighted by molar-refractivity contribution is -0.125. The minimum atomic E-state index is -2.47. The molecule has 0 radical (unpaired) electrons. The van der Waals surface area contributed by atoms with Crippen molar-refractivity contribution in [2.24, 2.45) is 5.92 Å². The molecular formula is C11H20F2N2O3. The molecule has 106 valence electrons. The smallest absolute Gasteiger partial charge is 0.261 e. The van der Waals surface area contributed by atoms with E-state index in [2.05, 4.69) is 15.4 Å². The van der Waals surface area contributed by atoms with Crippen molar-refractivity contribution in [3.8, 4) is 0 Å². The Balaban J connectivity index is 2.15. The van der Waals surface area contributed by atoms with Gasteiger partial charge >= 0.3 is 0 Å². The summed E-state index contributed by atoms with van der Waals surface area (Å²) in [5.41, 5.74) is 0. The van der Waals surface area contributed by atoms with Crippen molar-refractivity contribution >= 4 is 5.91 Å². The van der Waals surface area contributed by atoms with Crippen LogP contribution in [0.15, 0.2) is 0 Å². The van der Waals surface area contributed by atoms with E-state index in [0.717, 1.165) is 6.54 Å². The molecule has 0 aromatic rings. The van der Waals surface area contributed by atoms with Crippen molar-refractivity contribution in [1.82, 2.24) is 10.6 Å². The molecule has 2 unspecified atom stereocenters. The van der Waals surface area contributed by atoms with E-state index in [9.17, 15) is 13.6 Å². The van der Waals surface area contributed by atoms with Gasteiger partial charge in [-0.1, -0.05) is 6.92 Å². The first kappa shape index (κ1) is 15.3. The summed E-state index contributed by atoms with van der Waals surface area (Å²) in [5.74, 6) is -0.348. The van der Waals surface area contributed by atoms with Crippen molar-refractivity contribution in [2.45, 2.75) is 19.4 Å². The number of halogens is 2. The minimum absolute atomic E-state index is 0.0250. The number of nitrogens with one attached hydrogen (secondary N) is 2. The molecule has 2 atom stereocenters. The van der Waals surface area contributed by atoms with E-state index in [1.54, 1.807) is 0 Å². The fourth-order valence-corrected chi connectivity index (χ4v) is 1.83. The lowest BCUT2D eigenvalue weighted by Crippen LogP contribution is -2.44. The van der Waals surface area contributed by atoms with Gasteiger partial charge in [-0.3, -0.25) is 4.79 Å². The molecule has 0 aromatic carbocycles. The predicted octanol–water partition coefficient (Wildman–Crippen LogP) is 0.00880. The minimum Gasteiger partial charge on any atom is -0.379 e. The summed E-state index contributed by atoms with van der Waals surface area (Å²) >= 11 is 0. The van der Waals surface area contributed by atoms with Gasteiger partial charge in [0.25, 0.3) is 6.43 Å². The van der Waals surface area contributed by atoms with E-state index in [1.807, 2.05) is 6.92 Å². The van der Waals surface area contributed by atoms with Crippen LogP contribution in [0.25, 0.3) is 0 Å². The Hall–Kier alpha value is -0.790. The highest BCUT2D eigenvalue weighted by Gasteiger charge is 2.33.